The van der Waals surface area contributed by atoms with E-state index in [0.29, 0.717) is 5.56 Å². The van der Waals surface area contributed by atoms with Crippen LogP contribution in [-0.2, 0) is 16.0 Å². The molecular weight excluding hydrogens is 227 g/mol. The lowest BCUT2D eigenvalue weighted by atomic mass is 10.1. The predicted molar refractivity (Wildman–Crippen MR) is 53.8 cm³/mol. The van der Waals surface area contributed by atoms with Gasteiger partial charge in [0.15, 0.2) is 0 Å². The van der Waals surface area contributed by atoms with Crippen molar-refractivity contribution in [1.82, 2.24) is 0 Å². The van der Waals surface area contributed by atoms with Gasteiger partial charge in [-0.3, -0.25) is 4.79 Å². The highest BCUT2D eigenvalue weighted by Gasteiger charge is 2.12. The van der Waals surface area contributed by atoms with Crippen LogP contribution in [0.2, 0.25) is 10.0 Å². The summed E-state index contributed by atoms with van der Waals surface area (Å²) in [6.45, 7) is 0. The Balaban J connectivity index is 3.02. The van der Waals surface area contributed by atoms with Gasteiger partial charge in [0.05, 0.1) is 13.5 Å². The van der Waals surface area contributed by atoms with Crippen molar-refractivity contribution >= 4 is 29.2 Å². The van der Waals surface area contributed by atoms with Crippen LogP contribution in [0.1, 0.15) is 5.56 Å². The lowest BCUT2D eigenvalue weighted by Crippen LogP contribution is -2.05. The maximum atomic E-state index is 11.0. The van der Waals surface area contributed by atoms with E-state index in [4.69, 9.17) is 28.3 Å². The number of benzene rings is 1. The second-order valence-corrected chi connectivity index (χ2v) is 3.46. The molecule has 1 aromatic carbocycles. The first-order chi connectivity index (χ1) is 6.54. The summed E-state index contributed by atoms with van der Waals surface area (Å²) in [5.41, 5.74) is 0.456. The fraction of sp³-hybridized carbons (Fsp3) is 0.222. The summed E-state index contributed by atoms with van der Waals surface area (Å²) in [5.74, 6) is -0.465. The Labute approximate surface area is 91.2 Å². The van der Waals surface area contributed by atoms with Gasteiger partial charge in [-0.05, 0) is 12.1 Å². The van der Waals surface area contributed by atoms with Crippen LogP contribution in [0.25, 0.3) is 0 Å². The van der Waals surface area contributed by atoms with E-state index in [1.54, 1.807) is 0 Å². The van der Waals surface area contributed by atoms with Crippen LogP contribution in [-0.4, -0.2) is 18.2 Å². The van der Waals surface area contributed by atoms with Crippen LogP contribution in [0, 0.1) is 0 Å². The van der Waals surface area contributed by atoms with Gasteiger partial charge in [-0.1, -0.05) is 23.2 Å². The Bertz CT molecular complexity index is 340. The third-order valence-electron chi connectivity index (χ3n) is 1.67. The van der Waals surface area contributed by atoms with Crippen LogP contribution in [0.3, 0.4) is 0 Å². The van der Waals surface area contributed by atoms with Gasteiger partial charge >= 0.3 is 5.97 Å². The number of phenolic OH excluding ortho intramolecular Hbond substituents is 1. The van der Waals surface area contributed by atoms with Crippen molar-refractivity contribution in [3.8, 4) is 5.75 Å². The van der Waals surface area contributed by atoms with E-state index in [-0.39, 0.29) is 22.2 Å². The van der Waals surface area contributed by atoms with Crippen LogP contribution >= 0.6 is 23.2 Å². The standard InChI is InChI=1S/C9H8Cl2O3/c1-14-9(13)4-6-7(10)2-5(12)3-8(6)11/h2-3,12H,4H2,1H3. The molecule has 0 atom stereocenters. The molecule has 0 saturated carbocycles. The summed E-state index contributed by atoms with van der Waals surface area (Å²) in [6.07, 6.45) is -0.00551. The summed E-state index contributed by atoms with van der Waals surface area (Å²) in [4.78, 5) is 11.0. The van der Waals surface area contributed by atoms with E-state index >= 15 is 0 Å². The Morgan fingerprint density at radius 2 is 1.93 bits per heavy atom. The van der Waals surface area contributed by atoms with Gasteiger partial charge in [-0.25, -0.2) is 0 Å². The third kappa shape index (κ3) is 2.53. The van der Waals surface area contributed by atoms with Gasteiger partial charge in [-0.15, -0.1) is 0 Å². The summed E-state index contributed by atoms with van der Waals surface area (Å²) >= 11 is 11.6. The summed E-state index contributed by atoms with van der Waals surface area (Å²) in [5, 5.41) is 9.63. The molecule has 0 amide bonds. The average molecular weight is 235 g/mol. The highest BCUT2D eigenvalue weighted by molar-refractivity contribution is 6.36. The molecular formula is C9H8Cl2O3. The molecule has 3 nitrogen and oxygen atoms in total. The number of phenols is 1. The predicted octanol–water partition coefficient (Wildman–Crippen LogP) is 2.41. The number of aromatic hydroxyl groups is 1. The van der Waals surface area contributed by atoms with Crippen LogP contribution < -0.4 is 0 Å². The quantitative estimate of drug-likeness (QED) is 0.800. The summed E-state index contributed by atoms with van der Waals surface area (Å²) in [7, 11) is 1.28. The number of carbonyl (C=O) groups is 1. The lowest BCUT2D eigenvalue weighted by Gasteiger charge is -2.06. The molecule has 0 heterocycles. The summed E-state index contributed by atoms with van der Waals surface area (Å²) in [6, 6.07) is 2.65. The van der Waals surface area contributed by atoms with Gasteiger partial charge in [0.1, 0.15) is 5.75 Å². The zero-order chi connectivity index (χ0) is 10.7. The molecule has 0 spiro atoms. The monoisotopic (exact) mass is 234 g/mol. The third-order valence-corrected chi connectivity index (χ3v) is 2.35. The first kappa shape index (κ1) is 11.1. The number of rotatable bonds is 2. The van der Waals surface area contributed by atoms with E-state index in [0.717, 1.165) is 0 Å². The van der Waals surface area contributed by atoms with Crippen LogP contribution in [0.5, 0.6) is 5.75 Å². The first-order valence-corrected chi connectivity index (χ1v) is 4.54. The van der Waals surface area contributed by atoms with Crippen molar-refractivity contribution in [3.63, 3.8) is 0 Å². The zero-order valence-corrected chi connectivity index (χ0v) is 8.89. The minimum absolute atomic E-state index is 0.00551. The Hall–Kier alpha value is -0.930. The smallest absolute Gasteiger partial charge is 0.310 e. The maximum Gasteiger partial charge on any atom is 0.310 e. The number of hydrogen-bond donors (Lipinski definition) is 1. The van der Waals surface area contributed by atoms with Crippen molar-refractivity contribution in [2.75, 3.05) is 7.11 Å². The molecule has 5 heteroatoms. The second-order valence-electron chi connectivity index (χ2n) is 2.64. The largest absolute Gasteiger partial charge is 0.508 e. The Kier molecular flexibility index (Phi) is 3.61. The minimum Gasteiger partial charge on any atom is -0.508 e. The van der Waals surface area contributed by atoms with Gasteiger partial charge in [0.25, 0.3) is 0 Å². The number of methoxy groups -OCH3 is 1. The molecule has 0 saturated heterocycles. The van der Waals surface area contributed by atoms with E-state index in [1.807, 2.05) is 0 Å². The number of carbonyl (C=O) groups excluding carboxylic acids is 1. The number of esters is 1. The molecule has 1 aromatic rings. The second kappa shape index (κ2) is 4.53. The zero-order valence-electron chi connectivity index (χ0n) is 7.38. The average Bonchev–Trinajstić information content (AvgIpc) is 2.10. The SMILES string of the molecule is COC(=O)Cc1c(Cl)cc(O)cc1Cl. The van der Waals surface area contributed by atoms with Crippen molar-refractivity contribution in [3.05, 3.63) is 27.7 Å². The highest BCUT2D eigenvalue weighted by atomic mass is 35.5. The normalized spacial score (nSPS) is 9.93. The Morgan fingerprint density at radius 1 is 1.43 bits per heavy atom. The van der Waals surface area contributed by atoms with Crippen molar-refractivity contribution in [2.24, 2.45) is 0 Å². The fourth-order valence-corrected chi connectivity index (χ4v) is 1.58. The maximum absolute atomic E-state index is 11.0. The van der Waals surface area contributed by atoms with E-state index in [9.17, 15) is 4.79 Å². The minimum atomic E-state index is -0.431. The van der Waals surface area contributed by atoms with Crippen molar-refractivity contribution < 1.29 is 14.6 Å². The molecule has 1 rings (SSSR count). The summed E-state index contributed by atoms with van der Waals surface area (Å²) < 4.78 is 4.48. The molecule has 0 radical (unpaired) electrons. The molecule has 0 aliphatic heterocycles. The van der Waals surface area contributed by atoms with Gasteiger partial charge in [-0.2, -0.15) is 0 Å². The van der Waals surface area contributed by atoms with Gasteiger partial charge < -0.3 is 9.84 Å². The number of ether oxygens (including phenoxy) is 1. The Morgan fingerprint density at radius 3 is 2.36 bits per heavy atom. The topological polar surface area (TPSA) is 46.5 Å². The van der Waals surface area contributed by atoms with Crippen molar-refractivity contribution in [2.45, 2.75) is 6.42 Å². The van der Waals surface area contributed by atoms with Crippen molar-refractivity contribution in [1.29, 1.82) is 0 Å². The fourth-order valence-electron chi connectivity index (χ4n) is 0.975. The van der Waals surface area contributed by atoms with Gasteiger partial charge in [0, 0.05) is 15.6 Å². The lowest BCUT2D eigenvalue weighted by molar-refractivity contribution is -0.139. The molecule has 0 aromatic heterocycles. The number of hydrogen-bond acceptors (Lipinski definition) is 3. The molecule has 0 aliphatic carbocycles. The molecule has 1 N–H and O–H groups in total. The molecule has 76 valence electrons. The van der Waals surface area contributed by atoms with Gasteiger partial charge in [0.2, 0.25) is 0 Å². The van der Waals surface area contributed by atoms with E-state index in [2.05, 4.69) is 4.74 Å². The first-order valence-electron chi connectivity index (χ1n) is 3.78. The van der Waals surface area contributed by atoms with Crippen LogP contribution in [0.15, 0.2) is 12.1 Å². The molecule has 0 fully saturated rings. The highest BCUT2D eigenvalue weighted by Crippen LogP contribution is 2.30. The molecule has 14 heavy (non-hydrogen) atoms. The number of halogens is 2. The molecule has 0 aliphatic rings. The molecule has 0 unspecified atom stereocenters. The molecule has 0 bridgehead atoms. The van der Waals surface area contributed by atoms with Crippen LogP contribution in [0.4, 0.5) is 0 Å². The van der Waals surface area contributed by atoms with E-state index in [1.165, 1.54) is 19.2 Å². The van der Waals surface area contributed by atoms with E-state index < -0.39 is 5.97 Å².